The van der Waals surface area contributed by atoms with E-state index in [-0.39, 0.29) is 24.3 Å². The Kier molecular flexibility index (Phi) is 7.87. The summed E-state index contributed by atoms with van der Waals surface area (Å²) in [4.78, 5) is 34.7. The highest BCUT2D eigenvalue weighted by atomic mass is 16.7. The number of oxazole rings is 1. The monoisotopic (exact) mass is 536 g/mol. The first-order valence-corrected chi connectivity index (χ1v) is 12.7. The van der Waals surface area contributed by atoms with Crippen molar-refractivity contribution < 1.29 is 33.0 Å². The van der Waals surface area contributed by atoms with E-state index in [1.54, 1.807) is 24.0 Å². The predicted octanol–water partition coefficient (Wildman–Crippen LogP) is 2.93. The topological polar surface area (TPSA) is 107 Å². The number of rotatable bonds is 9. The van der Waals surface area contributed by atoms with Gasteiger partial charge in [0.15, 0.2) is 17.2 Å². The minimum absolute atomic E-state index is 0.0149. The Labute approximate surface area is 226 Å². The summed E-state index contributed by atoms with van der Waals surface area (Å²) in [6, 6.07) is 11.5. The van der Waals surface area contributed by atoms with Crippen molar-refractivity contribution in [2.75, 3.05) is 47.2 Å². The Hall–Kier alpha value is -4.25. The van der Waals surface area contributed by atoms with E-state index in [4.69, 9.17) is 23.4 Å². The number of nitrogens with zero attached hydrogens (tertiary/aromatic N) is 4. The van der Waals surface area contributed by atoms with Gasteiger partial charge in [0, 0.05) is 51.8 Å². The van der Waals surface area contributed by atoms with Gasteiger partial charge in [-0.25, -0.2) is 4.98 Å². The van der Waals surface area contributed by atoms with Crippen LogP contribution < -0.4 is 18.9 Å². The third-order valence-electron chi connectivity index (χ3n) is 6.87. The fourth-order valence-electron chi connectivity index (χ4n) is 4.77. The number of carbonyl (C=O) groups excluding carboxylic acids is 2. The number of methoxy groups -OCH3 is 2. The number of carbonyl (C=O) groups is 2. The molecule has 2 aliphatic rings. The molecule has 39 heavy (non-hydrogen) atoms. The number of hydrogen-bond donors (Lipinski definition) is 0. The van der Waals surface area contributed by atoms with Crippen molar-refractivity contribution in [2.24, 2.45) is 0 Å². The number of aromatic nitrogens is 1. The molecule has 1 fully saturated rings. The maximum absolute atomic E-state index is 13.1. The second-order valence-electron chi connectivity index (χ2n) is 9.44. The van der Waals surface area contributed by atoms with Crippen molar-refractivity contribution in [3.05, 3.63) is 65.4 Å². The van der Waals surface area contributed by atoms with Gasteiger partial charge in [0.05, 0.1) is 20.8 Å². The van der Waals surface area contributed by atoms with Gasteiger partial charge in [0.2, 0.25) is 18.6 Å². The van der Waals surface area contributed by atoms with Crippen LogP contribution in [0.25, 0.3) is 0 Å². The molecule has 0 spiro atoms. The van der Waals surface area contributed by atoms with Crippen LogP contribution in [0.15, 0.2) is 47.1 Å². The van der Waals surface area contributed by atoms with Gasteiger partial charge in [-0.2, -0.15) is 0 Å². The van der Waals surface area contributed by atoms with Crippen molar-refractivity contribution in [1.82, 2.24) is 19.7 Å². The van der Waals surface area contributed by atoms with Crippen LogP contribution in [0.3, 0.4) is 0 Å². The van der Waals surface area contributed by atoms with Crippen LogP contribution in [-0.2, 0) is 24.4 Å². The molecule has 1 saturated heterocycles. The van der Waals surface area contributed by atoms with Crippen molar-refractivity contribution in [1.29, 1.82) is 0 Å². The van der Waals surface area contributed by atoms with Crippen molar-refractivity contribution in [2.45, 2.75) is 26.6 Å². The van der Waals surface area contributed by atoms with E-state index >= 15 is 0 Å². The Morgan fingerprint density at radius 1 is 0.923 bits per heavy atom. The lowest BCUT2D eigenvalue weighted by atomic mass is 10.1. The molecule has 2 aromatic carbocycles. The first kappa shape index (κ1) is 26.4. The Morgan fingerprint density at radius 3 is 2.44 bits per heavy atom. The molecule has 0 saturated carbocycles. The highest BCUT2D eigenvalue weighted by Gasteiger charge is 2.26. The summed E-state index contributed by atoms with van der Waals surface area (Å²) in [6.07, 6.45) is 1.40. The van der Waals surface area contributed by atoms with Crippen LogP contribution in [0.4, 0.5) is 0 Å². The summed E-state index contributed by atoms with van der Waals surface area (Å²) in [6.45, 7) is 5.11. The molecule has 11 heteroatoms. The molecule has 0 atom stereocenters. The largest absolute Gasteiger partial charge is 0.497 e. The maximum atomic E-state index is 13.1. The smallest absolute Gasteiger partial charge is 0.275 e. The van der Waals surface area contributed by atoms with Gasteiger partial charge in [-0.15, -0.1) is 0 Å². The van der Waals surface area contributed by atoms with Crippen molar-refractivity contribution >= 4 is 11.8 Å². The average Bonchev–Trinajstić information content (AvgIpc) is 3.62. The molecule has 11 nitrogen and oxygen atoms in total. The minimum atomic E-state index is -0.204. The molecule has 0 unspecified atom stereocenters. The zero-order valence-corrected chi connectivity index (χ0v) is 22.3. The van der Waals surface area contributed by atoms with Gasteiger partial charge < -0.3 is 33.2 Å². The molecule has 0 bridgehead atoms. The molecule has 0 N–H and O–H groups in total. The van der Waals surface area contributed by atoms with Gasteiger partial charge in [-0.3, -0.25) is 14.5 Å². The van der Waals surface area contributed by atoms with E-state index in [0.717, 1.165) is 28.4 Å². The lowest BCUT2D eigenvalue weighted by molar-refractivity contribution is -0.130. The highest BCUT2D eigenvalue weighted by Crippen LogP contribution is 2.33. The summed E-state index contributed by atoms with van der Waals surface area (Å²) in [5.41, 5.74) is 2.21. The van der Waals surface area contributed by atoms with E-state index in [9.17, 15) is 9.59 Å². The quantitative estimate of drug-likeness (QED) is 0.408. The first-order chi connectivity index (χ1) is 18.9. The number of benzene rings is 2. The van der Waals surface area contributed by atoms with E-state index in [1.165, 1.54) is 13.2 Å². The van der Waals surface area contributed by atoms with Gasteiger partial charge in [-0.05, 0) is 35.9 Å². The zero-order chi connectivity index (χ0) is 27.4. The lowest BCUT2D eigenvalue weighted by Crippen LogP contribution is -2.50. The molecule has 1 aromatic heterocycles. The van der Waals surface area contributed by atoms with Crippen LogP contribution in [0.2, 0.25) is 0 Å². The number of amides is 2. The van der Waals surface area contributed by atoms with Crippen LogP contribution >= 0.6 is 0 Å². The minimum Gasteiger partial charge on any atom is -0.497 e. The second-order valence-corrected chi connectivity index (χ2v) is 9.44. The van der Waals surface area contributed by atoms with Gasteiger partial charge in [-0.1, -0.05) is 6.07 Å². The highest BCUT2D eigenvalue weighted by molar-refractivity contribution is 5.92. The van der Waals surface area contributed by atoms with Gasteiger partial charge >= 0.3 is 0 Å². The number of hydrogen-bond acceptors (Lipinski definition) is 9. The second kappa shape index (κ2) is 11.6. The summed E-state index contributed by atoms with van der Waals surface area (Å²) < 4.78 is 27.8. The van der Waals surface area contributed by atoms with Crippen LogP contribution in [0, 0.1) is 0 Å². The lowest BCUT2D eigenvalue weighted by Gasteiger charge is -2.33. The third-order valence-corrected chi connectivity index (χ3v) is 6.87. The summed E-state index contributed by atoms with van der Waals surface area (Å²) >= 11 is 0. The van der Waals surface area contributed by atoms with E-state index in [0.29, 0.717) is 57.5 Å². The molecule has 2 aliphatic heterocycles. The van der Waals surface area contributed by atoms with Crippen LogP contribution in [-0.4, -0.2) is 78.7 Å². The molecule has 2 amide bonds. The Balaban J connectivity index is 1.33. The third kappa shape index (κ3) is 6.09. The zero-order valence-electron chi connectivity index (χ0n) is 22.3. The fraction of sp³-hybridized carbons (Fsp3) is 0.393. The molecule has 0 radical (unpaired) electrons. The molecule has 3 aromatic rings. The Morgan fingerprint density at radius 2 is 1.69 bits per heavy atom. The predicted molar refractivity (Wildman–Crippen MR) is 140 cm³/mol. The summed E-state index contributed by atoms with van der Waals surface area (Å²) in [7, 11) is 3.26. The fourth-order valence-corrected chi connectivity index (χ4v) is 4.77. The number of fused-ring (bicyclic) bond motifs is 1. The van der Waals surface area contributed by atoms with Crippen LogP contribution in [0.5, 0.6) is 23.0 Å². The number of ether oxygens (including phenoxy) is 4. The van der Waals surface area contributed by atoms with Gasteiger partial charge in [0.25, 0.3) is 5.91 Å². The summed E-state index contributed by atoms with van der Waals surface area (Å²) in [5.74, 6) is 3.12. The molecule has 0 aliphatic carbocycles. The maximum Gasteiger partial charge on any atom is 0.275 e. The standard InChI is InChI=1S/C28H32N4O7/c1-19(33)31-8-10-32(11-9-31)28(34)23-17-37-27(29-23)16-30(14-20-4-6-25-26(12-20)39-18-38-25)15-21-13-22(35-2)5-7-24(21)36-3/h4-7,12-13,17H,8-11,14-16,18H2,1-3H3. The molecule has 5 rings (SSSR count). The van der Waals surface area contributed by atoms with E-state index in [2.05, 4.69) is 9.88 Å². The Bertz CT molecular complexity index is 1330. The normalized spacial score (nSPS) is 14.6. The SMILES string of the molecule is COc1ccc(OC)c(CN(Cc2ccc3c(c2)OCO3)Cc2nc(C(=O)N3CCN(C(C)=O)CC3)co2)c1. The molecular formula is C28H32N4O7. The molecular weight excluding hydrogens is 504 g/mol. The average molecular weight is 537 g/mol. The molecule has 3 heterocycles. The first-order valence-electron chi connectivity index (χ1n) is 12.7. The van der Waals surface area contributed by atoms with Crippen LogP contribution in [0.1, 0.15) is 34.4 Å². The van der Waals surface area contributed by atoms with E-state index in [1.807, 2.05) is 36.4 Å². The molecule has 206 valence electrons. The number of piperazine rings is 1. The van der Waals surface area contributed by atoms with Crippen molar-refractivity contribution in [3.8, 4) is 23.0 Å². The van der Waals surface area contributed by atoms with Crippen molar-refractivity contribution in [3.63, 3.8) is 0 Å². The summed E-state index contributed by atoms with van der Waals surface area (Å²) in [5, 5.41) is 0. The van der Waals surface area contributed by atoms with Gasteiger partial charge in [0.1, 0.15) is 17.8 Å². The van der Waals surface area contributed by atoms with E-state index < -0.39 is 0 Å².